The molecule has 3 heteroatoms. The van der Waals surface area contributed by atoms with E-state index in [0.29, 0.717) is 6.54 Å². The Morgan fingerprint density at radius 3 is 2.44 bits per heavy atom. The van der Waals surface area contributed by atoms with Gasteiger partial charge in [-0.1, -0.05) is 26.0 Å². The van der Waals surface area contributed by atoms with Gasteiger partial charge in [0.05, 0.1) is 18.4 Å². The molecule has 0 aromatic heterocycles. The summed E-state index contributed by atoms with van der Waals surface area (Å²) in [6, 6.07) is 7.72. The molecule has 0 amide bonds. The lowest BCUT2D eigenvalue weighted by atomic mass is 9.97. The predicted octanol–water partition coefficient (Wildman–Crippen LogP) is 2.66. The van der Waals surface area contributed by atoms with Crippen molar-refractivity contribution in [3.8, 4) is 5.75 Å². The number of benzene rings is 1. The van der Waals surface area contributed by atoms with Crippen molar-refractivity contribution in [2.45, 2.75) is 32.3 Å². The molecule has 0 bridgehead atoms. The van der Waals surface area contributed by atoms with Crippen LogP contribution in [0.2, 0.25) is 0 Å². The van der Waals surface area contributed by atoms with Gasteiger partial charge in [0.1, 0.15) is 5.75 Å². The molecule has 0 saturated heterocycles. The van der Waals surface area contributed by atoms with Gasteiger partial charge in [0, 0.05) is 6.54 Å². The van der Waals surface area contributed by atoms with Crippen molar-refractivity contribution in [2.24, 2.45) is 0 Å². The summed E-state index contributed by atoms with van der Waals surface area (Å²) in [5.74, 6) is 0.803. The monoisotopic (exact) mass is 223 g/mol. The van der Waals surface area contributed by atoms with Crippen LogP contribution in [-0.2, 0) is 0 Å². The fourth-order valence-electron chi connectivity index (χ4n) is 1.55. The summed E-state index contributed by atoms with van der Waals surface area (Å²) in [7, 11) is 1.65. The van der Waals surface area contributed by atoms with Gasteiger partial charge in [0.25, 0.3) is 0 Å². The Bertz CT molecular complexity index is 321. The van der Waals surface area contributed by atoms with Crippen LogP contribution in [0, 0.1) is 0 Å². The molecule has 0 saturated carbocycles. The average Bonchev–Trinajstić information content (AvgIpc) is 2.36. The summed E-state index contributed by atoms with van der Waals surface area (Å²) in [6.07, 6.45) is 1.48. The Balaban J connectivity index is 2.67. The molecule has 0 unspecified atom stereocenters. The highest BCUT2D eigenvalue weighted by Gasteiger charge is 2.21. The maximum absolute atomic E-state index is 10.2. The molecule has 1 aromatic rings. The van der Waals surface area contributed by atoms with Gasteiger partial charge >= 0.3 is 0 Å². The highest BCUT2D eigenvalue weighted by molar-refractivity contribution is 5.56. The van der Waals surface area contributed by atoms with Gasteiger partial charge in [-0.2, -0.15) is 0 Å². The molecule has 90 valence electrons. The van der Waals surface area contributed by atoms with Gasteiger partial charge in [0.15, 0.2) is 0 Å². The lowest BCUT2D eigenvalue weighted by Crippen LogP contribution is -2.35. The predicted molar refractivity (Wildman–Crippen MR) is 67.0 cm³/mol. The second kappa shape index (κ2) is 5.75. The van der Waals surface area contributed by atoms with Gasteiger partial charge in [-0.05, 0) is 25.0 Å². The Morgan fingerprint density at radius 2 is 1.88 bits per heavy atom. The first-order valence-corrected chi connectivity index (χ1v) is 5.74. The smallest absolute Gasteiger partial charge is 0.141 e. The van der Waals surface area contributed by atoms with Crippen LogP contribution in [0.3, 0.4) is 0 Å². The number of hydrogen-bond acceptors (Lipinski definition) is 3. The molecule has 0 aliphatic rings. The Labute approximate surface area is 97.4 Å². The number of methoxy groups -OCH3 is 1. The number of aliphatic hydroxyl groups is 1. The van der Waals surface area contributed by atoms with Crippen molar-refractivity contribution in [3.05, 3.63) is 24.3 Å². The fraction of sp³-hybridized carbons (Fsp3) is 0.538. The van der Waals surface area contributed by atoms with Crippen LogP contribution in [0.5, 0.6) is 5.75 Å². The first-order chi connectivity index (χ1) is 7.65. The molecular formula is C13H21NO2. The molecule has 0 aliphatic carbocycles. The third-order valence-electron chi connectivity index (χ3n) is 3.03. The van der Waals surface area contributed by atoms with Crippen LogP contribution in [0.25, 0.3) is 0 Å². The number of anilines is 1. The van der Waals surface area contributed by atoms with E-state index in [-0.39, 0.29) is 0 Å². The molecule has 1 rings (SSSR count). The van der Waals surface area contributed by atoms with E-state index in [4.69, 9.17) is 4.74 Å². The highest BCUT2D eigenvalue weighted by Crippen LogP contribution is 2.24. The third kappa shape index (κ3) is 3.14. The van der Waals surface area contributed by atoms with Crippen LogP contribution < -0.4 is 10.1 Å². The minimum atomic E-state index is -0.638. The normalized spacial score (nSPS) is 11.2. The minimum Gasteiger partial charge on any atom is -0.495 e. The molecule has 16 heavy (non-hydrogen) atoms. The summed E-state index contributed by atoms with van der Waals surface area (Å²) in [5.41, 5.74) is 0.284. The molecule has 2 N–H and O–H groups in total. The average molecular weight is 223 g/mol. The van der Waals surface area contributed by atoms with E-state index in [9.17, 15) is 5.11 Å². The van der Waals surface area contributed by atoms with Gasteiger partial charge in [-0.3, -0.25) is 0 Å². The van der Waals surface area contributed by atoms with E-state index in [0.717, 1.165) is 24.3 Å². The molecule has 0 heterocycles. The Hall–Kier alpha value is -1.22. The second-order valence-corrected chi connectivity index (χ2v) is 3.99. The van der Waals surface area contributed by atoms with Gasteiger partial charge in [0.2, 0.25) is 0 Å². The van der Waals surface area contributed by atoms with Gasteiger partial charge < -0.3 is 15.2 Å². The van der Waals surface area contributed by atoms with E-state index in [1.54, 1.807) is 7.11 Å². The van der Waals surface area contributed by atoms with Gasteiger partial charge in [-0.25, -0.2) is 0 Å². The maximum Gasteiger partial charge on any atom is 0.141 e. The van der Waals surface area contributed by atoms with E-state index in [1.807, 2.05) is 38.1 Å². The van der Waals surface area contributed by atoms with E-state index in [2.05, 4.69) is 5.32 Å². The molecular weight excluding hydrogens is 202 g/mol. The zero-order valence-corrected chi connectivity index (χ0v) is 10.3. The molecule has 0 aliphatic heterocycles. The molecule has 0 atom stereocenters. The van der Waals surface area contributed by atoms with Crippen LogP contribution in [0.15, 0.2) is 24.3 Å². The minimum absolute atomic E-state index is 0.542. The van der Waals surface area contributed by atoms with Crippen molar-refractivity contribution in [3.63, 3.8) is 0 Å². The number of hydrogen-bond donors (Lipinski definition) is 2. The topological polar surface area (TPSA) is 41.5 Å². The summed E-state index contributed by atoms with van der Waals surface area (Å²) in [6.45, 7) is 4.53. The highest BCUT2D eigenvalue weighted by atomic mass is 16.5. The molecule has 1 aromatic carbocycles. The summed E-state index contributed by atoms with van der Waals surface area (Å²) >= 11 is 0. The molecule has 0 fully saturated rings. The standard InChI is InChI=1S/C13H21NO2/c1-4-13(15,5-2)10-14-11-8-6-7-9-12(11)16-3/h6-9,14-15H,4-5,10H2,1-3H3. The number of ether oxygens (including phenoxy) is 1. The number of para-hydroxylation sites is 2. The quantitative estimate of drug-likeness (QED) is 0.779. The van der Waals surface area contributed by atoms with E-state index < -0.39 is 5.60 Å². The van der Waals surface area contributed by atoms with E-state index >= 15 is 0 Å². The third-order valence-corrected chi connectivity index (χ3v) is 3.03. The van der Waals surface area contributed by atoms with Crippen LogP contribution in [0.1, 0.15) is 26.7 Å². The fourth-order valence-corrected chi connectivity index (χ4v) is 1.55. The summed E-state index contributed by atoms with van der Waals surface area (Å²) in [4.78, 5) is 0. The molecule has 3 nitrogen and oxygen atoms in total. The number of rotatable bonds is 6. The lowest BCUT2D eigenvalue weighted by Gasteiger charge is -2.26. The van der Waals surface area contributed by atoms with Crippen LogP contribution in [0.4, 0.5) is 5.69 Å². The van der Waals surface area contributed by atoms with Crippen LogP contribution >= 0.6 is 0 Å². The van der Waals surface area contributed by atoms with Crippen molar-refractivity contribution in [2.75, 3.05) is 19.0 Å². The largest absolute Gasteiger partial charge is 0.495 e. The van der Waals surface area contributed by atoms with Gasteiger partial charge in [-0.15, -0.1) is 0 Å². The van der Waals surface area contributed by atoms with E-state index in [1.165, 1.54) is 0 Å². The zero-order chi connectivity index (χ0) is 12.0. The van der Waals surface area contributed by atoms with Crippen molar-refractivity contribution in [1.82, 2.24) is 0 Å². The first-order valence-electron chi connectivity index (χ1n) is 5.74. The molecule has 0 spiro atoms. The Morgan fingerprint density at radius 1 is 1.25 bits per heavy atom. The Kier molecular flexibility index (Phi) is 4.62. The summed E-state index contributed by atoms with van der Waals surface area (Å²) < 4.78 is 5.23. The van der Waals surface area contributed by atoms with Crippen molar-refractivity contribution >= 4 is 5.69 Å². The molecule has 0 radical (unpaired) electrons. The zero-order valence-electron chi connectivity index (χ0n) is 10.3. The number of nitrogens with one attached hydrogen (secondary N) is 1. The summed E-state index contributed by atoms with van der Waals surface area (Å²) in [5, 5.41) is 13.4. The first kappa shape index (κ1) is 12.8. The second-order valence-electron chi connectivity index (χ2n) is 3.99. The van der Waals surface area contributed by atoms with Crippen LogP contribution in [-0.4, -0.2) is 24.4 Å². The van der Waals surface area contributed by atoms with Crippen molar-refractivity contribution in [1.29, 1.82) is 0 Å². The maximum atomic E-state index is 10.2. The SMILES string of the molecule is CCC(O)(CC)CNc1ccccc1OC. The van der Waals surface area contributed by atoms with Crippen molar-refractivity contribution < 1.29 is 9.84 Å². The lowest BCUT2D eigenvalue weighted by molar-refractivity contribution is 0.0457.